The van der Waals surface area contributed by atoms with Gasteiger partial charge in [0.25, 0.3) is 0 Å². The summed E-state index contributed by atoms with van der Waals surface area (Å²) < 4.78 is 32.3. The van der Waals surface area contributed by atoms with Crippen LogP contribution in [0, 0.1) is 0 Å². The van der Waals surface area contributed by atoms with Gasteiger partial charge in [0.05, 0.1) is 11.0 Å². The molecular weight excluding hydrogens is 310 g/mol. The smallest absolute Gasteiger partial charge is 0.240 e. The first-order valence-electron chi connectivity index (χ1n) is 6.36. The van der Waals surface area contributed by atoms with Crippen molar-refractivity contribution in [3.63, 3.8) is 0 Å². The number of hydrogen-bond acceptors (Lipinski definition) is 3. The molecule has 0 saturated carbocycles. The average molecular weight is 326 g/mol. The Kier molecular flexibility index (Phi) is 5.36. The minimum Gasteiger partial charge on any atom is -0.375 e. The van der Waals surface area contributed by atoms with Crippen molar-refractivity contribution < 1.29 is 13.2 Å². The van der Waals surface area contributed by atoms with Gasteiger partial charge in [-0.15, -0.1) is 0 Å². The molecule has 0 radical (unpaired) electrons. The van der Waals surface area contributed by atoms with Crippen LogP contribution in [0.5, 0.6) is 0 Å². The fraction of sp³-hybridized carbons (Fsp3) is 0.200. The van der Waals surface area contributed by atoms with Crippen molar-refractivity contribution in [1.82, 2.24) is 4.72 Å². The highest BCUT2D eigenvalue weighted by Crippen LogP contribution is 2.17. The van der Waals surface area contributed by atoms with Crippen LogP contribution in [-0.2, 0) is 14.8 Å². The van der Waals surface area contributed by atoms with Crippen molar-refractivity contribution >= 4 is 21.6 Å². The summed E-state index contributed by atoms with van der Waals surface area (Å²) in [5.41, 5.74) is 0.916. The Labute approximate surface area is 129 Å². The van der Waals surface area contributed by atoms with Gasteiger partial charge in [0.15, 0.2) is 0 Å². The Bertz CT molecular complexity index is 672. The Hall–Kier alpha value is -1.40. The van der Waals surface area contributed by atoms with E-state index in [1.165, 1.54) is 12.1 Å². The van der Waals surface area contributed by atoms with Crippen LogP contribution in [0.2, 0.25) is 5.02 Å². The van der Waals surface area contributed by atoms with Crippen LogP contribution in [0.3, 0.4) is 0 Å². The van der Waals surface area contributed by atoms with Gasteiger partial charge in [-0.3, -0.25) is 0 Å². The van der Waals surface area contributed by atoms with Gasteiger partial charge in [-0.1, -0.05) is 41.9 Å². The van der Waals surface area contributed by atoms with Gasteiger partial charge in [-0.2, -0.15) is 0 Å². The van der Waals surface area contributed by atoms with Gasteiger partial charge in [-0.05, 0) is 29.8 Å². The summed E-state index contributed by atoms with van der Waals surface area (Å²) in [6, 6.07) is 15.5. The van der Waals surface area contributed by atoms with E-state index in [-0.39, 0.29) is 17.5 Å². The Morgan fingerprint density at radius 1 is 1.10 bits per heavy atom. The molecule has 0 aromatic heterocycles. The lowest BCUT2D eigenvalue weighted by Gasteiger charge is -2.16. The fourth-order valence-corrected chi connectivity index (χ4v) is 3.05. The molecule has 2 aromatic rings. The molecule has 0 aliphatic carbocycles. The van der Waals surface area contributed by atoms with E-state index in [1.54, 1.807) is 19.2 Å². The lowest BCUT2D eigenvalue weighted by molar-refractivity contribution is 0.107. The van der Waals surface area contributed by atoms with Crippen LogP contribution in [-0.4, -0.2) is 22.1 Å². The number of benzene rings is 2. The highest BCUT2D eigenvalue weighted by molar-refractivity contribution is 7.89. The second-order valence-corrected chi connectivity index (χ2v) is 6.64. The second-order valence-electron chi connectivity index (χ2n) is 4.44. The van der Waals surface area contributed by atoms with E-state index in [0.717, 1.165) is 5.56 Å². The largest absolute Gasteiger partial charge is 0.375 e. The maximum absolute atomic E-state index is 12.2. The molecule has 0 aliphatic rings. The zero-order chi connectivity index (χ0) is 15.3. The lowest BCUT2D eigenvalue weighted by Crippen LogP contribution is -2.29. The molecule has 0 aliphatic heterocycles. The van der Waals surface area contributed by atoms with Gasteiger partial charge in [0.2, 0.25) is 10.0 Å². The predicted molar refractivity (Wildman–Crippen MR) is 82.8 cm³/mol. The van der Waals surface area contributed by atoms with E-state index < -0.39 is 10.0 Å². The molecule has 0 spiro atoms. The molecule has 112 valence electrons. The monoisotopic (exact) mass is 325 g/mol. The number of nitrogens with one attached hydrogen (secondary N) is 1. The van der Waals surface area contributed by atoms with E-state index in [4.69, 9.17) is 16.3 Å². The topological polar surface area (TPSA) is 55.4 Å². The zero-order valence-corrected chi connectivity index (χ0v) is 13.1. The summed E-state index contributed by atoms with van der Waals surface area (Å²) in [6.45, 7) is 0.158. The van der Waals surface area contributed by atoms with Crippen LogP contribution in [0.15, 0.2) is 59.5 Å². The highest BCUT2D eigenvalue weighted by Gasteiger charge is 2.17. The third-order valence-electron chi connectivity index (χ3n) is 3.04. The molecule has 21 heavy (non-hydrogen) atoms. The maximum atomic E-state index is 12.2. The lowest BCUT2D eigenvalue weighted by atomic mass is 10.1. The first-order valence-corrected chi connectivity index (χ1v) is 8.22. The molecule has 0 fully saturated rings. The van der Waals surface area contributed by atoms with Gasteiger partial charge < -0.3 is 4.74 Å². The Morgan fingerprint density at radius 3 is 2.29 bits per heavy atom. The Morgan fingerprint density at radius 2 is 1.71 bits per heavy atom. The van der Waals surface area contributed by atoms with Crippen molar-refractivity contribution in [3.8, 4) is 0 Å². The van der Waals surface area contributed by atoms with Gasteiger partial charge >= 0.3 is 0 Å². The normalized spacial score (nSPS) is 13.0. The molecule has 0 unspecified atom stereocenters. The summed E-state index contributed by atoms with van der Waals surface area (Å²) >= 11 is 5.76. The molecule has 0 heterocycles. The van der Waals surface area contributed by atoms with Crippen LogP contribution in [0.1, 0.15) is 11.7 Å². The molecule has 6 heteroatoms. The number of halogens is 1. The average Bonchev–Trinajstić information content (AvgIpc) is 2.49. The first-order chi connectivity index (χ1) is 10.0. The number of ether oxygens (including phenoxy) is 1. The number of hydrogen-bond donors (Lipinski definition) is 1. The van der Waals surface area contributed by atoms with Crippen molar-refractivity contribution in [2.75, 3.05) is 13.7 Å². The number of rotatable bonds is 6. The van der Waals surface area contributed by atoms with Crippen LogP contribution in [0.4, 0.5) is 0 Å². The molecule has 2 rings (SSSR count). The van der Waals surface area contributed by atoms with Crippen molar-refractivity contribution in [2.24, 2.45) is 0 Å². The molecule has 1 atom stereocenters. The SMILES string of the molecule is CO[C@@H](CNS(=O)(=O)c1ccc(Cl)cc1)c1ccccc1. The standard InChI is InChI=1S/C15H16ClNO3S/c1-20-15(12-5-3-2-4-6-12)11-17-21(18,19)14-9-7-13(16)8-10-14/h2-10,15,17H,11H2,1H3/t15-/m0/s1. The van der Waals surface area contributed by atoms with E-state index >= 15 is 0 Å². The second kappa shape index (κ2) is 7.04. The zero-order valence-electron chi connectivity index (χ0n) is 11.5. The maximum Gasteiger partial charge on any atom is 0.240 e. The van der Waals surface area contributed by atoms with Gasteiger partial charge in [-0.25, -0.2) is 13.1 Å². The molecule has 4 nitrogen and oxygen atoms in total. The van der Waals surface area contributed by atoms with Gasteiger partial charge in [0, 0.05) is 18.7 Å². The minimum atomic E-state index is -3.58. The summed E-state index contributed by atoms with van der Waals surface area (Å²) in [7, 11) is -2.03. The summed E-state index contributed by atoms with van der Waals surface area (Å²) in [6.07, 6.45) is -0.340. The molecule has 0 bridgehead atoms. The van der Waals surface area contributed by atoms with Crippen molar-refractivity contribution in [3.05, 3.63) is 65.2 Å². The molecule has 2 aromatic carbocycles. The highest BCUT2D eigenvalue weighted by atomic mass is 35.5. The number of sulfonamides is 1. The van der Waals surface area contributed by atoms with E-state index in [0.29, 0.717) is 5.02 Å². The van der Waals surface area contributed by atoms with Crippen molar-refractivity contribution in [1.29, 1.82) is 0 Å². The molecule has 0 amide bonds. The van der Waals surface area contributed by atoms with Crippen molar-refractivity contribution in [2.45, 2.75) is 11.0 Å². The Balaban J connectivity index is 2.08. The van der Waals surface area contributed by atoms with E-state index in [1.807, 2.05) is 30.3 Å². The minimum absolute atomic E-state index is 0.158. The summed E-state index contributed by atoms with van der Waals surface area (Å²) in [5.74, 6) is 0. The first kappa shape index (κ1) is 16.0. The predicted octanol–water partition coefficient (Wildman–Crippen LogP) is 3.01. The third-order valence-corrected chi connectivity index (χ3v) is 4.73. The fourth-order valence-electron chi connectivity index (χ4n) is 1.89. The van der Waals surface area contributed by atoms with Gasteiger partial charge in [0.1, 0.15) is 0 Å². The van der Waals surface area contributed by atoms with E-state index in [2.05, 4.69) is 4.72 Å². The molecule has 0 saturated heterocycles. The summed E-state index contributed by atoms with van der Waals surface area (Å²) in [5, 5.41) is 0.494. The summed E-state index contributed by atoms with van der Waals surface area (Å²) in [4.78, 5) is 0.176. The number of methoxy groups -OCH3 is 1. The van der Waals surface area contributed by atoms with Crippen LogP contribution >= 0.6 is 11.6 Å². The van der Waals surface area contributed by atoms with E-state index in [9.17, 15) is 8.42 Å². The van der Waals surface area contributed by atoms with Crippen LogP contribution < -0.4 is 4.72 Å². The third kappa shape index (κ3) is 4.28. The molecule has 1 N–H and O–H groups in total. The quantitative estimate of drug-likeness (QED) is 0.888. The molecular formula is C15H16ClNO3S. The van der Waals surface area contributed by atoms with Crippen LogP contribution in [0.25, 0.3) is 0 Å².